The van der Waals surface area contributed by atoms with E-state index in [1.807, 2.05) is 35.7 Å². The van der Waals surface area contributed by atoms with E-state index in [1.54, 1.807) is 18.3 Å². The van der Waals surface area contributed by atoms with Crippen molar-refractivity contribution in [2.75, 3.05) is 5.32 Å². The monoisotopic (exact) mass is 397 g/mol. The number of amides is 1. The summed E-state index contributed by atoms with van der Waals surface area (Å²) in [4.78, 5) is 25.6. The van der Waals surface area contributed by atoms with Crippen LogP contribution in [0.2, 0.25) is 10.0 Å². The van der Waals surface area contributed by atoms with Gasteiger partial charge in [0, 0.05) is 28.0 Å². The standard InChI is InChI=1S/C19H13Cl2N5O/c1-11-17(26-7-3-2-4-16(26)23-11)15-5-6-22-19(24-15)25-18(27)12-8-13(20)10-14(21)9-12/h2-10H,1H3,(H,22,24,25,27). The van der Waals surface area contributed by atoms with Gasteiger partial charge in [-0.15, -0.1) is 0 Å². The molecular weight excluding hydrogens is 385 g/mol. The summed E-state index contributed by atoms with van der Waals surface area (Å²) in [6.45, 7) is 1.91. The van der Waals surface area contributed by atoms with E-state index in [0.29, 0.717) is 21.3 Å². The average Bonchev–Trinajstić information content (AvgIpc) is 2.96. The van der Waals surface area contributed by atoms with E-state index in [9.17, 15) is 4.79 Å². The molecule has 0 saturated carbocycles. The van der Waals surface area contributed by atoms with E-state index < -0.39 is 5.91 Å². The van der Waals surface area contributed by atoms with E-state index in [0.717, 1.165) is 17.0 Å². The fourth-order valence-corrected chi connectivity index (χ4v) is 3.36. The van der Waals surface area contributed by atoms with E-state index >= 15 is 0 Å². The van der Waals surface area contributed by atoms with Gasteiger partial charge in [0.05, 0.1) is 17.1 Å². The molecule has 3 heterocycles. The van der Waals surface area contributed by atoms with Crippen LogP contribution in [0.5, 0.6) is 0 Å². The number of benzene rings is 1. The minimum Gasteiger partial charge on any atom is -0.298 e. The van der Waals surface area contributed by atoms with Crippen molar-refractivity contribution in [2.24, 2.45) is 0 Å². The Balaban J connectivity index is 1.68. The van der Waals surface area contributed by atoms with Crippen molar-refractivity contribution in [3.63, 3.8) is 0 Å². The fraction of sp³-hybridized carbons (Fsp3) is 0.0526. The number of anilines is 1. The minimum absolute atomic E-state index is 0.180. The van der Waals surface area contributed by atoms with Gasteiger partial charge in [-0.3, -0.25) is 14.5 Å². The van der Waals surface area contributed by atoms with Crippen molar-refractivity contribution in [3.05, 3.63) is 76.2 Å². The van der Waals surface area contributed by atoms with Gasteiger partial charge in [0.25, 0.3) is 5.91 Å². The number of aryl methyl sites for hydroxylation is 1. The molecule has 0 fully saturated rings. The normalized spacial score (nSPS) is 10.9. The van der Waals surface area contributed by atoms with Gasteiger partial charge < -0.3 is 0 Å². The molecule has 0 saturated heterocycles. The third-order valence-electron chi connectivity index (χ3n) is 3.95. The number of fused-ring (bicyclic) bond motifs is 1. The van der Waals surface area contributed by atoms with Crippen LogP contribution in [0.4, 0.5) is 5.95 Å². The number of hydrogen-bond donors (Lipinski definition) is 1. The zero-order chi connectivity index (χ0) is 19.0. The number of carbonyl (C=O) groups is 1. The third-order valence-corrected chi connectivity index (χ3v) is 4.39. The molecule has 0 spiro atoms. The highest BCUT2D eigenvalue weighted by Gasteiger charge is 2.14. The Bertz CT molecular complexity index is 1150. The number of halogens is 2. The van der Waals surface area contributed by atoms with Crippen LogP contribution in [0, 0.1) is 6.92 Å². The number of pyridine rings is 1. The first-order chi connectivity index (χ1) is 13.0. The summed E-state index contributed by atoms with van der Waals surface area (Å²) >= 11 is 11.9. The van der Waals surface area contributed by atoms with Gasteiger partial charge >= 0.3 is 0 Å². The lowest BCUT2D eigenvalue weighted by Crippen LogP contribution is -2.14. The van der Waals surface area contributed by atoms with Crippen molar-refractivity contribution < 1.29 is 4.79 Å². The quantitative estimate of drug-likeness (QED) is 0.545. The van der Waals surface area contributed by atoms with Crippen LogP contribution in [-0.2, 0) is 0 Å². The molecule has 4 rings (SSSR count). The maximum absolute atomic E-state index is 12.5. The van der Waals surface area contributed by atoms with E-state index in [1.165, 1.54) is 12.1 Å². The largest absolute Gasteiger partial charge is 0.298 e. The van der Waals surface area contributed by atoms with Crippen molar-refractivity contribution in [1.29, 1.82) is 0 Å². The molecule has 0 atom stereocenters. The molecule has 134 valence electrons. The third kappa shape index (κ3) is 3.49. The maximum Gasteiger partial charge on any atom is 0.258 e. The SMILES string of the molecule is Cc1nc2ccccn2c1-c1ccnc(NC(=O)c2cc(Cl)cc(Cl)c2)n1. The lowest BCUT2D eigenvalue weighted by molar-refractivity contribution is 0.102. The molecule has 0 aliphatic rings. The van der Waals surface area contributed by atoms with E-state index in [4.69, 9.17) is 23.2 Å². The molecule has 1 amide bonds. The van der Waals surface area contributed by atoms with E-state index in [2.05, 4.69) is 20.3 Å². The van der Waals surface area contributed by atoms with Crippen molar-refractivity contribution in [3.8, 4) is 11.4 Å². The molecule has 6 nitrogen and oxygen atoms in total. The minimum atomic E-state index is -0.397. The number of nitrogens with zero attached hydrogens (tertiary/aromatic N) is 4. The van der Waals surface area contributed by atoms with Crippen LogP contribution < -0.4 is 5.32 Å². The first-order valence-electron chi connectivity index (χ1n) is 8.06. The summed E-state index contributed by atoms with van der Waals surface area (Å²) in [6, 6.07) is 12.2. The first-order valence-corrected chi connectivity index (χ1v) is 8.81. The smallest absolute Gasteiger partial charge is 0.258 e. The molecule has 0 aliphatic heterocycles. The topological polar surface area (TPSA) is 72.2 Å². The van der Waals surface area contributed by atoms with Gasteiger partial charge in [-0.2, -0.15) is 0 Å². The van der Waals surface area contributed by atoms with Gasteiger partial charge in [-0.1, -0.05) is 29.3 Å². The van der Waals surface area contributed by atoms with Gasteiger partial charge in [0.2, 0.25) is 5.95 Å². The average molecular weight is 398 g/mol. The molecule has 0 unspecified atom stereocenters. The predicted molar refractivity (Wildman–Crippen MR) is 105 cm³/mol. The van der Waals surface area contributed by atoms with Crippen LogP contribution in [0.15, 0.2) is 54.9 Å². The molecule has 0 bridgehead atoms. The zero-order valence-corrected chi connectivity index (χ0v) is 15.7. The summed E-state index contributed by atoms with van der Waals surface area (Å²) in [5.41, 5.74) is 3.48. The Morgan fingerprint density at radius 1 is 1.07 bits per heavy atom. The molecule has 0 radical (unpaired) electrons. The highest BCUT2D eigenvalue weighted by Crippen LogP contribution is 2.24. The van der Waals surface area contributed by atoms with Crippen LogP contribution >= 0.6 is 23.2 Å². The second-order valence-corrected chi connectivity index (χ2v) is 6.73. The number of rotatable bonds is 3. The zero-order valence-electron chi connectivity index (χ0n) is 14.1. The second kappa shape index (κ2) is 6.98. The molecule has 8 heteroatoms. The Labute approximate surface area is 164 Å². The molecule has 3 aromatic heterocycles. The van der Waals surface area contributed by atoms with Crippen LogP contribution in [0.1, 0.15) is 16.1 Å². The molecule has 27 heavy (non-hydrogen) atoms. The lowest BCUT2D eigenvalue weighted by atomic mass is 10.2. The summed E-state index contributed by atoms with van der Waals surface area (Å²) in [5.74, 6) is -0.217. The summed E-state index contributed by atoms with van der Waals surface area (Å²) in [5, 5.41) is 3.43. The van der Waals surface area contributed by atoms with Gasteiger partial charge in [0.1, 0.15) is 5.65 Å². The highest BCUT2D eigenvalue weighted by atomic mass is 35.5. The van der Waals surface area contributed by atoms with Gasteiger partial charge in [-0.25, -0.2) is 15.0 Å². The van der Waals surface area contributed by atoms with E-state index in [-0.39, 0.29) is 5.95 Å². The van der Waals surface area contributed by atoms with Crippen molar-refractivity contribution in [1.82, 2.24) is 19.4 Å². The lowest BCUT2D eigenvalue weighted by Gasteiger charge is -2.07. The Morgan fingerprint density at radius 3 is 2.63 bits per heavy atom. The van der Waals surface area contributed by atoms with Gasteiger partial charge in [-0.05, 0) is 43.3 Å². The Hall–Kier alpha value is -2.96. The summed E-state index contributed by atoms with van der Waals surface area (Å²) in [7, 11) is 0. The summed E-state index contributed by atoms with van der Waals surface area (Å²) < 4.78 is 1.94. The maximum atomic E-state index is 12.5. The van der Waals surface area contributed by atoms with Crippen LogP contribution in [-0.4, -0.2) is 25.3 Å². The molecule has 4 aromatic rings. The first kappa shape index (κ1) is 17.5. The number of nitrogens with one attached hydrogen (secondary N) is 1. The number of aromatic nitrogens is 4. The predicted octanol–water partition coefficient (Wildman–Crippen LogP) is 4.66. The molecule has 1 N–H and O–H groups in total. The highest BCUT2D eigenvalue weighted by molar-refractivity contribution is 6.35. The van der Waals surface area contributed by atoms with Crippen LogP contribution in [0.3, 0.4) is 0 Å². The number of carbonyl (C=O) groups excluding carboxylic acids is 1. The molecule has 1 aromatic carbocycles. The van der Waals surface area contributed by atoms with Gasteiger partial charge in [0.15, 0.2) is 0 Å². The van der Waals surface area contributed by atoms with Crippen molar-refractivity contribution in [2.45, 2.75) is 6.92 Å². The second-order valence-electron chi connectivity index (χ2n) is 5.85. The fourth-order valence-electron chi connectivity index (χ4n) is 2.83. The molecule has 0 aliphatic carbocycles. The molecular formula is C19H13Cl2N5O. The van der Waals surface area contributed by atoms with Crippen LogP contribution in [0.25, 0.3) is 17.0 Å². The Morgan fingerprint density at radius 2 is 1.85 bits per heavy atom. The number of imidazole rings is 1. The van der Waals surface area contributed by atoms with Crippen molar-refractivity contribution >= 4 is 40.7 Å². The Kier molecular flexibility index (Phi) is 4.51. The number of hydrogen-bond acceptors (Lipinski definition) is 4. The summed E-state index contributed by atoms with van der Waals surface area (Å²) in [6.07, 6.45) is 3.50.